The van der Waals surface area contributed by atoms with Crippen molar-refractivity contribution in [2.45, 2.75) is 6.54 Å². The lowest BCUT2D eigenvalue weighted by atomic mass is 10.2. The quantitative estimate of drug-likeness (QED) is 0.869. The minimum Gasteiger partial charge on any atom is -0.383 e. The normalized spacial score (nSPS) is 10.8. The van der Waals surface area contributed by atoms with Crippen molar-refractivity contribution in [1.82, 2.24) is 14.8 Å². The Balaban J connectivity index is 2.43. The Morgan fingerprint density at radius 1 is 1.39 bits per heavy atom. The molecule has 0 atom stereocenters. The molecule has 1 aromatic heterocycles. The molecule has 18 heavy (non-hydrogen) atoms. The molecule has 4 nitrogen and oxygen atoms in total. The Hall–Kier alpha value is -1.60. The molecule has 96 valence electrons. The number of H-pyrrole nitrogens is 1. The van der Waals surface area contributed by atoms with Crippen molar-refractivity contribution in [2.75, 3.05) is 13.7 Å². The van der Waals surface area contributed by atoms with Crippen LogP contribution >= 0.6 is 12.2 Å². The van der Waals surface area contributed by atoms with E-state index in [4.69, 9.17) is 17.0 Å². The topological polar surface area (TPSA) is 42.8 Å². The van der Waals surface area contributed by atoms with E-state index in [1.165, 1.54) is 6.07 Å². The molecule has 0 radical (unpaired) electrons. The van der Waals surface area contributed by atoms with E-state index in [2.05, 4.69) is 10.2 Å². The average Bonchev–Trinajstić information content (AvgIpc) is 2.72. The van der Waals surface area contributed by atoms with Crippen molar-refractivity contribution in [1.29, 1.82) is 0 Å². The molecule has 0 amide bonds. The summed E-state index contributed by atoms with van der Waals surface area (Å²) in [5, 5.41) is 6.63. The fraction of sp³-hybridized carbons (Fsp3) is 0.273. The van der Waals surface area contributed by atoms with Gasteiger partial charge in [0, 0.05) is 12.7 Å². The number of aromatic nitrogens is 3. The molecule has 2 aromatic rings. The molecule has 2 rings (SSSR count). The second-order valence-corrected chi connectivity index (χ2v) is 4.01. The lowest BCUT2D eigenvalue weighted by molar-refractivity contribution is 0.187. The van der Waals surface area contributed by atoms with Gasteiger partial charge in [0.2, 0.25) is 0 Å². The number of methoxy groups -OCH3 is 1. The molecular formula is C11H11F2N3OS. The molecule has 1 heterocycles. The van der Waals surface area contributed by atoms with Gasteiger partial charge in [0.25, 0.3) is 0 Å². The van der Waals surface area contributed by atoms with Crippen LogP contribution in [0.3, 0.4) is 0 Å². The van der Waals surface area contributed by atoms with Crippen molar-refractivity contribution in [3.05, 3.63) is 34.6 Å². The number of hydrogen-bond acceptors (Lipinski definition) is 3. The lowest BCUT2D eigenvalue weighted by Gasteiger charge is -2.06. The van der Waals surface area contributed by atoms with E-state index in [0.29, 0.717) is 29.3 Å². The van der Waals surface area contributed by atoms with Crippen molar-refractivity contribution >= 4 is 12.2 Å². The van der Waals surface area contributed by atoms with Crippen molar-refractivity contribution in [3.8, 4) is 11.4 Å². The molecule has 0 fully saturated rings. The van der Waals surface area contributed by atoms with E-state index in [9.17, 15) is 8.78 Å². The summed E-state index contributed by atoms with van der Waals surface area (Å²) >= 11 is 5.07. The molecule has 0 saturated carbocycles. The predicted octanol–water partition coefficient (Wildman–Crippen LogP) is 2.53. The van der Waals surface area contributed by atoms with E-state index in [-0.39, 0.29) is 0 Å². The second kappa shape index (κ2) is 5.36. The smallest absolute Gasteiger partial charge is 0.195 e. The molecule has 1 aromatic carbocycles. The molecule has 0 bridgehead atoms. The Morgan fingerprint density at radius 2 is 2.17 bits per heavy atom. The van der Waals surface area contributed by atoms with Crippen LogP contribution in [0.5, 0.6) is 0 Å². The van der Waals surface area contributed by atoms with Gasteiger partial charge in [-0.1, -0.05) is 0 Å². The summed E-state index contributed by atoms with van der Waals surface area (Å²) in [4.78, 5) is 0. The van der Waals surface area contributed by atoms with Crippen LogP contribution in [0, 0.1) is 16.4 Å². The summed E-state index contributed by atoms with van der Waals surface area (Å²) in [6, 6.07) is 3.60. The summed E-state index contributed by atoms with van der Waals surface area (Å²) in [6.07, 6.45) is 0. The summed E-state index contributed by atoms with van der Waals surface area (Å²) in [5.74, 6) is -1.35. The zero-order valence-electron chi connectivity index (χ0n) is 9.61. The summed E-state index contributed by atoms with van der Waals surface area (Å²) in [6.45, 7) is 0.935. The predicted molar refractivity (Wildman–Crippen MR) is 64.6 cm³/mol. The number of ether oxygens (including phenoxy) is 1. The van der Waals surface area contributed by atoms with Gasteiger partial charge in [-0.2, -0.15) is 5.10 Å². The number of aromatic amines is 1. The van der Waals surface area contributed by atoms with Crippen molar-refractivity contribution in [2.24, 2.45) is 0 Å². The first-order valence-electron chi connectivity index (χ1n) is 5.23. The van der Waals surface area contributed by atoms with Gasteiger partial charge in [-0.25, -0.2) is 8.78 Å². The number of benzene rings is 1. The lowest BCUT2D eigenvalue weighted by Crippen LogP contribution is -2.06. The van der Waals surface area contributed by atoms with E-state index in [0.717, 1.165) is 12.1 Å². The monoisotopic (exact) mass is 271 g/mol. The van der Waals surface area contributed by atoms with E-state index < -0.39 is 11.6 Å². The van der Waals surface area contributed by atoms with Crippen LogP contribution in [-0.2, 0) is 11.3 Å². The zero-order chi connectivity index (χ0) is 13.1. The first kappa shape index (κ1) is 12.8. The molecule has 0 aliphatic heterocycles. The molecule has 1 N–H and O–H groups in total. The standard InChI is InChI=1S/C11H11F2N3OS/c1-17-5-4-16-10(14-15-11(16)18)7-2-3-8(12)9(13)6-7/h2-3,6H,4-5H2,1H3,(H,15,18). The average molecular weight is 271 g/mol. The number of rotatable bonds is 4. The SMILES string of the molecule is COCCn1c(-c2ccc(F)c(F)c2)n[nH]c1=S. The van der Waals surface area contributed by atoms with Gasteiger partial charge in [-0.05, 0) is 30.4 Å². The maximum atomic E-state index is 13.2. The Morgan fingerprint density at radius 3 is 2.83 bits per heavy atom. The van der Waals surface area contributed by atoms with Crippen molar-refractivity contribution in [3.63, 3.8) is 0 Å². The van der Waals surface area contributed by atoms with Crippen LogP contribution in [-0.4, -0.2) is 28.5 Å². The van der Waals surface area contributed by atoms with Gasteiger partial charge in [-0.15, -0.1) is 0 Å². The van der Waals surface area contributed by atoms with Crippen LogP contribution in [0.15, 0.2) is 18.2 Å². The van der Waals surface area contributed by atoms with Crippen LogP contribution in [0.2, 0.25) is 0 Å². The van der Waals surface area contributed by atoms with Crippen LogP contribution in [0.4, 0.5) is 8.78 Å². The zero-order valence-corrected chi connectivity index (χ0v) is 10.4. The van der Waals surface area contributed by atoms with Gasteiger partial charge in [0.1, 0.15) is 0 Å². The van der Waals surface area contributed by atoms with Gasteiger partial charge in [0.15, 0.2) is 22.2 Å². The van der Waals surface area contributed by atoms with Gasteiger partial charge < -0.3 is 4.74 Å². The summed E-state index contributed by atoms with van der Waals surface area (Å²) in [5.41, 5.74) is 0.456. The van der Waals surface area contributed by atoms with Crippen molar-refractivity contribution < 1.29 is 13.5 Å². The third-order valence-corrected chi connectivity index (χ3v) is 2.77. The second-order valence-electron chi connectivity index (χ2n) is 3.63. The molecule has 0 saturated heterocycles. The van der Waals surface area contributed by atoms with Crippen LogP contribution < -0.4 is 0 Å². The number of halogens is 2. The number of nitrogens with zero attached hydrogens (tertiary/aromatic N) is 2. The molecular weight excluding hydrogens is 260 g/mol. The molecule has 7 heteroatoms. The van der Waals surface area contributed by atoms with Gasteiger partial charge >= 0.3 is 0 Å². The molecule has 0 unspecified atom stereocenters. The molecule has 0 aliphatic carbocycles. The van der Waals surface area contributed by atoms with E-state index >= 15 is 0 Å². The molecule has 0 spiro atoms. The largest absolute Gasteiger partial charge is 0.383 e. The first-order valence-corrected chi connectivity index (χ1v) is 5.64. The van der Waals surface area contributed by atoms with Gasteiger partial charge in [0.05, 0.1) is 13.2 Å². The maximum absolute atomic E-state index is 13.2. The maximum Gasteiger partial charge on any atom is 0.195 e. The highest BCUT2D eigenvalue weighted by Gasteiger charge is 2.11. The van der Waals surface area contributed by atoms with E-state index in [1.54, 1.807) is 11.7 Å². The third-order valence-electron chi connectivity index (χ3n) is 2.46. The first-order chi connectivity index (χ1) is 8.63. The van der Waals surface area contributed by atoms with Gasteiger partial charge in [-0.3, -0.25) is 9.67 Å². The highest BCUT2D eigenvalue weighted by molar-refractivity contribution is 7.71. The third kappa shape index (κ3) is 2.46. The van der Waals surface area contributed by atoms with E-state index in [1.807, 2.05) is 0 Å². The number of nitrogens with one attached hydrogen (secondary N) is 1. The summed E-state index contributed by atoms with van der Waals surface area (Å²) < 4.78 is 33.1. The minimum atomic E-state index is -0.917. The minimum absolute atomic E-state index is 0.409. The summed E-state index contributed by atoms with van der Waals surface area (Å²) in [7, 11) is 1.57. The Labute approximate surface area is 107 Å². The fourth-order valence-corrected chi connectivity index (χ4v) is 1.79. The number of hydrogen-bond donors (Lipinski definition) is 1. The highest BCUT2D eigenvalue weighted by atomic mass is 32.1. The Kier molecular flexibility index (Phi) is 3.83. The molecule has 0 aliphatic rings. The Bertz CT molecular complexity index is 609. The van der Waals surface area contributed by atoms with Crippen LogP contribution in [0.25, 0.3) is 11.4 Å². The highest BCUT2D eigenvalue weighted by Crippen LogP contribution is 2.19. The van der Waals surface area contributed by atoms with Crippen LogP contribution in [0.1, 0.15) is 0 Å². The fourth-order valence-electron chi connectivity index (χ4n) is 1.56.